The van der Waals surface area contributed by atoms with Gasteiger partial charge in [-0.2, -0.15) is 0 Å². The average Bonchev–Trinajstić information content (AvgIpc) is 3.28. The summed E-state index contributed by atoms with van der Waals surface area (Å²) in [7, 11) is 1.60. The van der Waals surface area contributed by atoms with Crippen LogP contribution in [0, 0.1) is 0 Å². The number of aromatic nitrogens is 3. The van der Waals surface area contributed by atoms with Crippen LogP contribution in [0.2, 0.25) is 0 Å². The fourth-order valence-corrected chi connectivity index (χ4v) is 4.22. The van der Waals surface area contributed by atoms with E-state index in [9.17, 15) is 14.7 Å². The standard InChI is InChI=1S/C26H24N4O4S/c1-16(31)18-4-8-20(9-5-18)27-25(33)17(2)35-26-29-28-24(19-6-12-22(32)13-7-19)30(26)21-10-14-23(34-3)15-11-21/h4-15,17,32H,1-3H3,(H,27,33)/t17-/m1/s1. The number of carbonyl (C=O) groups excluding carboxylic acids is 2. The fourth-order valence-electron chi connectivity index (χ4n) is 3.35. The highest BCUT2D eigenvalue weighted by Crippen LogP contribution is 2.31. The van der Waals surface area contributed by atoms with E-state index in [1.54, 1.807) is 62.6 Å². The first kappa shape index (κ1) is 24.0. The third-order valence-electron chi connectivity index (χ3n) is 5.30. The number of hydrogen-bond donors (Lipinski definition) is 2. The van der Waals surface area contributed by atoms with E-state index in [1.165, 1.54) is 18.7 Å². The smallest absolute Gasteiger partial charge is 0.237 e. The van der Waals surface area contributed by atoms with Crippen molar-refractivity contribution in [1.29, 1.82) is 0 Å². The highest BCUT2D eigenvalue weighted by Gasteiger charge is 2.22. The van der Waals surface area contributed by atoms with Crippen LogP contribution in [0.1, 0.15) is 24.2 Å². The predicted molar refractivity (Wildman–Crippen MR) is 135 cm³/mol. The molecule has 0 saturated carbocycles. The second kappa shape index (κ2) is 10.4. The molecule has 1 aromatic heterocycles. The van der Waals surface area contributed by atoms with Gasteiger partial charge in [0.25, 0.3) is 0 Å². The van der Waals surface area contributed by atoms with Crippen LogP contribution >= 0.6 is 11.8 Å². The van der Waals surface area contributed by atoms with E-state index in [0.717, 1.165) is 11.3 Å². The van der Waals surface area contributed by atoms with Crippen LogP contribution < -0.4 is 10.1 Å². The second-order valence-corrected chi connectivity index (χ2v) is 9.08. The van der Waals surface area contributed by atoms with Gasteiger partial charge in [0.1, 0.15) is 11.5 Å². The summed E-state index contributed by atoms with van der Waals surface area (Å²) in [6.45, 7) is 3.29. The number of methoxy groups -OCH3 is 1. The summed E-state index contributed by atoms with van der Waals surface area (Å²) in [6, 6.07) is 20.9. The highest BCUT2D eigenvalue weighted by molar-refractivity contribution is 8.00. The number of phenols is 1. The predicted octanol–water partition coefficient (Wildman–Crippen LogP) is 4.97. The number of thioether (sulfide) groups is 1. The second-order valence-electron chi connectivity index (χ2n) is 7.77. The Labute approximate surface area is 207 Å². The Morgan fingerprint density at radius 1 is 0.971 bits per heavy atom. The largest absolute Gasteiger partial charge is 0.508 e. The number of benzene rings is 3. The van der Waals surface area contributed by atoms with E-state index in [2.05, 4.69) is 15.5 Å². The summed E-state index contributed by atoms with van der Waals surface area (Å²) in [5.41, 5.74) is 2.75. The lowest BCUT2D eigenvalue weighted by Crippen LogP contribution is -2.23. The third kappa shape index (κ3) is 5.52. The molecule has 0 radical (unpaired) electrons. The maximum atomic E-state index is 12.9. The Hall–Kier alpha value is -4.11. The SMILES string of the molecule is COc1ccc(-n2c(S[C@H](C)C(=O)Nc3ccc(C(C)=O)cc3)nnc2-c2ccc(O)cc2)cc1. The monoisotopic (exact) mass is 488 g/mol. The van der Waals surface area contributed by atoms with E-state index >= 15 is 0 Å². The van der Waals surface area contributed by atoms with Gasteiger partial charge < -0.3 is 15.2 Å². The minimum Gasteiger partial charge on any atom is -0.508 e. The first-order valence-corrected chi connectivity index (χ1v) is 11.7. The maximum Gasteiger partial charge on any atom is 0.237 e. The Bertz CT molecular complexity index is 1330. The fraction of sp³-hybridized carbons (Fsp3) is 0.154. The van der Waals surface area contributed by atoms with Crippen molar-refractivity contribution in [1.82, 2.24) is 14.8 Å². The molecule has 1 heterocycles. The zero-order valence-corrected chi connectivity index (χ0v) is 20.2. The van der Waals surface area contributed by atoms with E-state index in [-0.39, 0.29) is 17.4 Å². The molecule has 8 nitrogen and oxygen atoms in total. The number of nitrogens with zero attached hydrogens (tertiary/aromatic N) is 3. The average molecular weight is 489 g/mol. The van der Waals surface area contributed by atoms with E-state index < -0.39 is 5.25 Å². The van der Waals surface area contributed by atoms with Crippen LogP contribution in [0.4, 0.5) is 5.69 Å². The van der Waals surface area contributed by atoms with Gasteiger partial charge in [0.2, 0.25) is 5.91 Å². The summed E-state index contributed by atoms with van der Waals surface area (Å²) in [5, 5.41) is 21.3. The number of rotatable bonds is 8. The molecule has 9 heteroatoms. The molecule has 4 rings (SSSR count). The lowest BCUT2D eigenvalue weighted by Gasteiger charge is -2.14. The molecule has 0 aliphatic carbocycles. The molecule has 1 amide bonds. The van der Waals surface area contributed by atoms with Gasteiger partial charge in [-0.05, 0) is 86.6 Å². The van der Waals surface area contributed by atoms with Gasteiger partial charge in [-0.15, -0.1) is 10.2 Å². The summed E-state index contributed by atoms with van der Waals surface area (Å²) < 4.78 is 7.14. The van der Waals surface area contributed by atoms with Crippen molar-refractivity contribution in [3.8, 4) is 28.6 Å². The molecule has 0 fully saturated rings. The van der Waals surface area contributed by atoms with Crippen LogP contribution in [0.5, 0.6) is 11.5 Å². The van der Waals surface area contributed by atoms with Gasteiger partial charge in [-0.3, -0.25) is 14.2 Å². The van der Waals surface area contributed by atoms with Gasteiger partial charge in [0, 0.05) is 22.5 Å². The number of phenolic OH excluding ortho intramolecular Hbond substituents is 1. The van der Waals surface area contributed by atoms with Crippen LogP contribution in [0.25, 0.3) is 17.1 Å². The van der Waals surface area contributed by atoms with E-state index in [1.807, 2.05) is 28.8 Å². The molecule has 0 spiro atoms. The van der Waals surface area contributed by atoms with Crippen LogP contribution in [-0.4, -0.2) is 43.9 Å². The number of anilines is 1. The molecule has 0 aliphatic heterocycles. The van der Waals surface area contributed by atoms with Crippen molar-refractivity contribution in [3.05, 3.63) is 78.4 Å². The Balaban J connectivity index is 1.61. The molecule has 0 aliphatic rings. The Morgan fingerprint density at radius 2 is 1.63 bits per heavy atom. The van der Waals surface area contributed by atoms with Gasteiger partial charge in [0.05, 0.1) is 12.4 Å². The number of nitrogens with one attached hydrogen (secondary N) is 1. The number of Topliss-reactive ketones (excluding diaryl/α,β-unsaturated/α-hetero) is 1. The number of aromatic hydroxyl groups is 1. The van der Waals surface area contributed by atoms with Crippen molar-refractivity contribution in [2.75, 3.05) is 12.4 Å². The number of ketones is 1. The number of carbonyl (C=O) groups is 2. The summed E-state index contributed by atoms with van der Waals surface area (Å²) >= 11 is 1.27. The van der Waals surface area contributed by atoms with Crippen molar-refractivity contribution >= 4 is 29.1 Å². The number of ether oxygens (including phenoxy) is 1. The zero-order chi connectivity index (χ0) is 24.9. The van der Waals surface area contributed by atoms with E-state index in [0.29, 0.717) is 28.0 Å². The Morgan fingerprint density at radius 3 is 2.23 bits per heavy atom. The first-order chi connectivity index (χ1) is 16.9. The van der Waals surface area contributed by atoms with Crippen molar-refractivity contribution < 1.29 is 19.4 Å². The van der Waals surface area contributed by atoms with Gasteiger partial charge >= 0.3 is 0 Å². The summed E-state index contributed by atoms with van der Waals surface area (Å²) in [4.78, 5) is 24.4. The molecule has 0 saturated heterocycles. The molecule has 35 heavy (non-hydrogen) atoms. The van der Waals surface area contributed by atoms with Crippen LogP contribution in [-0.2, 0) is 4.79 Å². The molecule has 0 bridgehead atoms. The van der Waals surface area contributed by atoms with E-state index in [4.69, 9.17) is 4.74 Å². The summed E-state index contributed by atoms with van der Waals surface area (Å²) in [5.74, 6) is 1.20. The van der Waals surface area contributed by atoms with Gasteiger partial charge in [0.15, 0.2) is 16.8 Å². The van der Waals surface area contributed by atoms with Crippen LogP contribution in [0.15, 0.2) is 78.0 Å². The topological polar surface area (TPSA) is 106 Å². The lowest BCUT2D eigenvalue weighted by atomic mass is 10.1. The molecule has 3 aromatic carbocycles. The van der Waals surface area contributed by atoms with Crippen LogP contribution in [0.3, 0.4) is 0 Å². The molecule has 4 aromatic rings. The lowest BCUT2D eigenvalue weighted by molar-refractivity contribution is -0.115. The van der Waals surface area contributed by atoms with Gasteiger partial charge in [-0.1, -0.05) is 11.8 Å². The van der Waals surface area contributed by atoms with Crippen molar-refractivity contribution in [2.45, 2.75) is 24.3 Å². The maximum absolute atomic E-state index is 12.9. The zero-order valence-electron chi connectivity index (χ0n) is 19.4. The number of amides is 1. The molecule has 2 N–H and O–H groups in total. The minimum atomic E-state index is -0.489. The van der Waals surface area contributed by atoms with Crippen molar-refractivity contribution in [2.24, 2.45) is 0 Å². The molecular formula is C26H24N4O4S. The molecular weight excluding hydrogens is 464 g/mol. The number of hydrogen-bond acceptors (Lipinski definition) is 7. The van der Waals surface area contributed by atoms with Gasteiger partial charge in [-0.25, -0.2) is 0 Å². The normalized spacial score (nSPS) is 11.6. The minimum absolute atomic E-state index is 0.0332. The highest BCUT2D eigenvalue weighted by atomic mass is 32.2. The summed E-state index contributed by atoms with van der Waals surface area (Å²) in [6.07, 6.45) is 0. The van der Waals surface area contributed by atoms with Crippen molar-refractivity contribution in [3.63, 3.8) is 0 Å². The first-order valence-electron chi connectivity index (χ1n) is 10.8. The molecule has 0 unspecified atom stereocenters. The quantitative estimate of drug-likeness (QED) is 0.266. The molecule has 1 atom stereocenters. The third-order valence-corrected chi connectivity index (χ3v) is 6.34. The Kier molecular flexibility index (Phi) is 7.17. The molecule has 178 valence electrons.